The lowest BCUT2D eigenvalue weighted by atomic mass is 10.1. The minimum atomic E-state index is -0.893. The van der Waals surface area contributed by atoms with Crippen LogP contribution in [-0.2, 0) is 11.3 Å². The number of hydrogen-bond donors (Lipinski definition) is 1. The lowest BCUT2D eigenvalue weighted by Crippen LogP contribution is -2.57. The van der Waals surface area contributed by atoms with Gasteiger partial charge in [-0.15, -0.1) is 0 Å². The fourth-order valence-corrected chi connectivity index (χ4v) is 2.15. The molecule has 0 amide bonds. The van der Waals surface area contributed by atoms with Gasteiger partial charge in [0.2, 0.25) is 0 Å². The van der Waals surface area contributed by atoms with Crippen LogP contribution in [0.1, 0.15) is 24.8 Å². The molecule has 2 N–H and O–H groups in total. The summed E-state index contributed by atoms with van der Waals surface area (Å²) in [6.07, 6.45) is 3.65. The SMILES string of the molecule is [CH2][C@@](N)(OCc1ccccc1)N1CCCCC1. The minimum Gasteiger partial charge on any atom is -0.343 e. The second-order valence-corrected chi connectivity index (χ2v) is 4.67. The summed E-state index contributed by atoms with van der Waals surface area (Å²) in [5, 5.41) is 0. The predicted octanol–water partition coefficient (Wildman–Crippen LogP) is 2.14. The number of rotatable bonds is 4. The van der Waals surface area contributed by atoms with Gasteiger partial charge in [-0.05, 0) is 18.4 Å². The average molecular weight is 233 g/mol. The third-order valence-corrected chi connectivity index (χ3v) is 3.22. The summed E-state index contributed by atoms with van der Waals surface area (Å²) < 4.78 is 5.75. The van der Waals surface area contributed by atoms with E-state index in [-0.39, 0.29) is 0 Å². The van der Waals surface area contributed by atoms with E-state index in [4.69, 9.17) is 10.5 Å². The van der Waals surface area contributed by atoms with Crippen LogP contribution in [0.3, 0.4) is 0 Å². The van der Waals surface area contributed by atoms with Gasteiger partial charge in [-0.2, -0.15) is 0 Å². The molecule has 3 heteroatoms. The number of hydrogen-bond acceptors (Lipinski definition) is 3. The van der Waals surface area contributed by atoms with Crippen LogP contribution >= 0.6 is 0 Å². The maximum Gasteiger partial charge on any atom is 0.175 e. The third kappa shape index (κ3) is 3.53. The van der Waals surface area contributed by atoms with Crippen molar-refractivity contribution in [2.75, 3.05) is 13.1 Å². The zero-order valence-electron chi connectivity index (χ0n) is 10.3. The quantitative estimate of drug-likeness (QED) is 0.810. The second kappa shape index (κ2) is 5.63. The smallest absolute Gasteiger partial charge is 0.175 e. The van der Waals surface area contributed by atoms with Crippen molar-refractivity contribution in [3.05, 3.63) is 42.8 Å². The van der Waals surface area contributed by atoms with E-state index in [1.54, 1.807) is 0 Å². The van der Waals surface area contributed by atoms with E-state index in [0.29, 0.717) is 6.61 Å². The maximum atomic E-state index is 6.13. The zero-order chi connectivity index (χ0) is 12.1. The highest BCUT2D eigenvalue weighted by Crippen LogP contribution is 2.18. The highest BCUT2D eigenvalue weighted by Gasteiger charge is 2.29. The molecule has 1 fully saturated rings. The number of nitrogens with zero attached hydrogens (tertiary/aromatic N) is 1. The number of ether oxygens (including phenoxy) is 1. The van der Waals surface area contributed by atoms with Gasteiger partial charge in [0.1, 0.15) is 0 Å². The summed E-state index contributed by atoms with van der Waals surface area (Å²) in [4.78, 5) is 2.12. The molecule has 1 aliphatic heterocycles. The van der Waals surface area contributed by atoms with E-state index in [9.17, 15) is 0 Å². The monoisotopic (exact) mass is 233 g/mol. The topological polar surface area (TPSA) is 38.5 Å². The molecule has 0 aromatic heterocycles. The van der Waals surface area contributed by atoms with Crippen LogP contribution in [0.5, 0.6) is 0 Å². The van der Waals surface area contributed by atoms with Gasteiger partial charge >= 0.3 is 0 Å². The van der Waals surface area contributed by atoms with E-state index < -0.39 is 5.85 Å². The van der Waals surface area contributed by atoms with E-state index in [1.807, 2.05) is 30.3 Å². The zero-order valence-corrected chi connectivity index (χ0v) is 10.3. The van der Waals surface area contributed by atoms with E-state index in [2.05, 4.69) is 11.8 Å². The Kier molecular flexibility index (Phi) is 4.15. The first-order valence-electron chi connectivity index (χ1n) is 6.26. The fourth-order valence-electron chi connectivity index (χ4n) is 2.15. The highest BCUT2D eigenvalue weighted by molar-refractivity contribution is 5.13. The molecule has 0 aliphatic carbocycles. The summed E-state index contributed by atoms with van der Waals surface area (Å²) in [7, 11) is 0. The molecular formula is C14H21N2O. The Balaban J connectivity index is 1.88. The first-order valence-corrected chi connectivity index (χ1v) is 6.26. The van der Waals surface area contributed by atoms with Crippen molar-refractivity contribution in [3.8, 4) is 0 Å². The van der Waals surface area contributed by atoms with Gasteiger partial charge < -0.3 is 4.74 Å². The standard InChI is InChI=1S/C14H21N2O/c1-14(15,16-10-6-3-7-11-16)17-12-13-8-4-2-5-9-13/h2,4-5,8-9H,1,3,6-7,10-12,15H2/t14-/m0/s1. The molecule has 3 nitrogen and oxygen atoms in total. The van der Waals surface area contributed by atoms with Crippen molar-refractivity contribution in [2.24, 2.45) is 5.73 Å². The van der Waals surface area contributed by atoms with Crippen LogP contribution in [-0.4, -0.2) is 23.8 Å². The van der Waals surface area contributed by atoms with E-state index in [0.717, 1.165) is 18.7 Å². The highest BCUT2D eigenvalue weighted by atomic mass is 16.5. The molecule has 0 spiro atoms. The normalized spacial score (nSPS) is 21.1. The number of nitrogens with two attached hydrogens (primary N) is 1. The van der Waals surface area contributed by atoms with Gasteiger partial charge in [-0.3, -0.25) is 10.6 Å². The molecule has 1 radical (unpaired) electrons. The molecule has 1 saturated heterocycles. The van der Waals surface area contributed by atoms with E-state index in [1.165, 1.54) is 19.3 Å². The van der Waals surface area contributed by atoms with Crippen LogP contribution < -0.4 is 5.73 Å². The Morgan fingerprint density at radius 3 is 2.47 bits per heavy atom. The molecule has 1 aromatic carbocycles. The summed E-state index contributed by atoms with van der Waals surface area (Å²) in [6.45, 7) is 6.46. The average Bonchev–Trinajstić information content (AvgIpc) is 2.39. The minimum absolute atomic E-state index is 0.511. The summed E-state index contributed by atoms with van der Waals surface area (Å²) >= 11 is 0. The van der Waals surface area contributed by atoms with Gasteiger partial charge in [0.15, 0.2) is 5.85 Å². The van der Waals surface area contributed by atoms with Gasteiger partial charge in [0.25, 0.3) is 0 Å². The number of piperidine rings is 1. The molecule has 17 heavy (non-hydrogen) atoms. The number of likely N-dealkylation sites (tertiary alicyclic amines) is 1. The molecule has 1 aromatic rings. The van der Waals surface area contributed by atoms with E-state index >= 15 is 0 Å². The van der Waals surface area contributed by atoms with Gasteiger partial charge in [-0.1, -0.05) is 36.8 Å². The van der Waals surface area contributed by atoms with Gasteiger partial charge in [0, 0.05) is 20.0 Å². The van der Waals surface area contributed by atoms with Crippen molar-refractivity contribution in [2.45, 2.75) is 31.7 Å². The largest absolute Gasteiger partial charge is 0.343 e. The first kappa shape index (κ1) is 12.6. The molecule has 1 aliphatic rings. The molecule has 2 rings (SSSR count). The number of benzene rings is 1. The Morgan fingerprint density at radius 1 is 1.18 bits per heavy atom. The summed E-state index contributed by atoms with van der Waals surface area (Å²) in [6, 6.07) is 10.1. The molecule has 93 valence electrons. The van der Waals surface area contributed by atoms with Crippen molar-refractivity contribution < 1.29 is 4.74 Å². The molecule has 0 saturated carbocycles. The molecule has 0 unspecified atom stereocenters. The summed E-state index contributed by atoms with van der Waals surface area (Å²) in [5.74, 6) is -0.893. The van der Waals surface area contributed by atoms with Gasteiger partial charge in [0.05, 0.1) is 6.61 Å². The second-order valence-electron chi connectivity index (χ2n) is 4.67. The first-order chi connectivity index (χ1) is 8.18. The Labute approximate surface area is 104 Å². The van der Waals surface area contributed by atoms with Crippen LogP contribution in [0.25, 0.3) is 0 Å². The fraction of sp³-hybridized carbons (Fsp3) is 0.500. The Bertz CT molecular complexity index is 331. The van der Waals surface area contributed by atoms with Crippen molar-refractivity contribution in [1.82, 2.24) is 4.90 Å². The van der Waals surface area contributed by atoms with Gasteiger partial charge in [-0.25, -0.2) is 0 Å². The molecule has 1 atom stereocenters. The van der Waals surface area contributed by atoms with Crippen molar-refractivity contribution >= 4 is 0 Å². The van der Waals surface area contributed by atoms with Crippen LogP contribution in [0, 0.1) is 6.92 Å². The molecule has 0 bridgehead atoms. The maximum absolute atomic E-state index is 6.13. The Morgan fingerprint density at radius 2 is 1.82 bits per heavy atom. The lowest BCUT2D eigenvalue weighted by Gasteiger charge is -2.39. The van der Waals surface area contributed by atoms with Crippen LogP contribution in [0.15, 0.2) is 30.3 Å². The van der Waals surface area contributed by atoms with Crippen molar-refractivity contribution in [1.29, 1.82) is 0 Å². The molecular weight excluding hydrogens is 212 g/mol. The Hall–Kier alpha value is -0.900. The predicted molar refractivity (Wildman–Crippen MR) is 68.9 cm³/mol. The third-order valence-electron chi connectivity index (χ3n) is 3.22. The van der Waals surface area contributed by atoms with Crippen LogP contribution in [0.4, 0.5) is 0 Å². The lowest BCUT2D eigenvalue weighted by molar-refractivity contribution is -0.135. The molecule has 1 heterocycles. The van der Waals surface area contributed by atoms with Crippen LogP contribution in [0.2, 0.25) is 0 Å². The van der Waals surface area contributed by atoms with Crippen molar-refractivity contribution in [3.63, 3.8) is 0 Å². The summed E-state index contributed by atoms with van der Waals surface area (Å²) in [5.41, 5.74) is 7.26.